The van der Waals surface area contributed by atoms with Crippen LogP contribution in [-0.4, -0.2) is 100 Å². The number of ether oxygens (including phenoxy) is 3. The first-order valence-electron chi connectivity index (χ1n) is 27.1. The number of nitrogens with one attached hydrogen (secondary N) is 1. The van der Waals surface area contributed by atoms with E-state index in [9.17, 15) is 35.1 Å². The first kappa shape index (κ1) is 61.2. The van der Waals surface area contributed by atoms with Gasteiger partial charge in [0.2, 0.25) is 5.91 Å². The molecule has 0 aromatic rings. The van der Waals surface area contributed by atoms with Gasteiger partial charge in [0, 0.05) is 12.8 Å². The number of hydrogen-bond donors (Lipinski definition) is 6. The molecule has 0 bridgehead atoms. The maximum atomic E-state index is 13.0. The van der Waals surface area contributed by atoms with Crippen LogP contribution in [0.1, 0.15) is 245 Å². The molecule has 0 aromatic heterocycles. The van der Waals surface area contributed by atoms with Crippen LogP contribution < -0.4 is 5.32 Å². The standard InChI is InChI=1S/C54H101NO10/c1-3-5-7-9-11-13-14-15-16-17-18-19-22-26-30-34-38-42-50(59)63-43-39-35-31-27-23-20-21-25-29-33-37-41-49(58)55-46(47(57)40-36-32-28-24-12-10-8-6-4-2)45-64-54-53(62)52(61)51(60)48(44-56)65-54/h23,27,36,40,46-48,51-54,56-57,60-62H,3-22,24-26,28-35,37-39,41-45H2,1-2H3,(H,55,58)/b27-23-,40-36+. The molecule has 1 heterocycles. The van der Waals surface area contributed by atoms with Gasteiger partial charge < -0.3 is 45.1 Å². The molecule has 65 heavy (non-hydrogen) atoms. The number of aliphatic hydroxyl groups is 5. The SMILES string of the molecule is CCCCCCCCC/C=C/C(O)C(COC1OC(CO)C(O)C(O)C1O)NC(=O)CCCCCCC/C=C\CCCCOC(=O)CCCCCCCCCCCCCCCCCCC. The summed E-state index contributed by atoms with van der Waals surface area (Å²) in [5.41, 5.74) is 0. The van der Waals surface area contributed by atoms with Gasteiger partial charge in [-0.2, -0.15) is 0 Å². The first-order valence-corrected chi connectivity index (χ1v) is 27.1. The average Bonchev–Trinajstić information content (AvgIpc) is 3.30. The minimum atomic E-state index is -1.58. The Balaban J connectivity index is 2.12. The summed E-state index contributed by atoms with van der Waals surface area (Å²) in [7, 11) is 0. The monoisotopic (exact) mass is 924 g/mol. The zero-order chi connectivity index (χ0) is 47.4. The van der Waals surface area contributed by atoms with Crippen molar-refractivity contribution in [3.05, 3.63) is 24.3 Å². The Bertz CT molecular complexity index is 1130. The van der Waals surface area contributed by atoms with Crippen molar-refractivity contribution in [2.24, 2.45) is 0 Å². The van der Waals surface area contributed by atoms with Gasteiger partial charge in [0.15, 0.2) is 6.29 Å². The fourth-order valence-corrected chi connectivity index (χ4v) is 8.43. The van der Waals surface area contributed by atoms with Gasteiger partial charge >= 0.3 is 5.97 Å². The van der Waals surface area contributed by atoms with Crippen LogP contribution in [0.15, 0.2) is 24.3 Å². The maximum Gasteiger partial charge on any atom is 0.305 e. The predicted molar refractivity (Wildman–Crippen MR) is 264 cm³/mol. The number of hydrogen-bond acceptors (Lipinski definition) is 10. The van der Waals surface area contributed by atoms with E-state index in [4.69, 9.17) is 14.2 Å². The van der Waals surface area contributed by atoms with Crippen molar-refractivity contribution in [1.82, 2.24) is 5.32 Å². The molecule has 1 saturated heterocycles. The number of carbonyl (C=O) groups is 2. The van der Waals surface area contributed by atoms with Gasteiger partial charge in [-0.3, -0.25) is 9.59 Å². The Kier molecular flexibility index (Phi) is 42.0. The molecule has 11 nitrogen and oxygen atoms in total. The van der Waals surface area contributed by atoms with Crippen molar-refractivity contribution < 1.29 is 49.3 Å². The number of amides is 1. The van der Waals surface area contributed by atoms with E-state index in [1.54, 1.807) is 6.08 Å². The lowest BCUT2D eigenvalue weighted by Crippen LogP contribution is -2.60. The summed E-state index contributed by atoms with van der Waals surface area (Å²) in [6, 6.07) is -0.828. The number of unbranched alkanes of at least 4 members (excludes halogenated alkanes) is 30. The van der Waals surface area contributed by atoms with Crippen molar-refractivity contribution in [3.63, 3.8) is 0 Å². The molecule has 382 valence electrons. The second-order valence-electron chi connectivity index (χ2n) is 18.9. The Morgan fingerprint density at radius 2 is 0.985 bits per heavy atom. The molecule has 0 aromatic carbocycles. The van der Waals surface area contributed by atoms with Gasteiger partial charge in [0.1, 0.15) is 24.4 Å². The third-order valence-corrected chi connectivity index (χ3v) is 12.8. The van der Waals surface area contributed by atoms with Crippen LogP contribution in [0.3, 0.4) is 0 Å². The number of carbonyl (C=O) groups excluding carboxylic acids is 2. The Hall–Kier alpha value is -1.86. The summed E-state index contributed by atoms with van der Waals surface area (Å²) in [6.07, 6.45) is 41.3. The van der Waals surface area contributed by atoms with E-state index in [1.165, 1.54) is 128 Å². The Labute approximate surface area is 397 Å². The van der Waals surface area contributed by atoms with Crippen molar-refractivity contribution in [2.45, 2.75) is 288 Å². The molecule has 0 aliphatic carbocycles. The highest BCUT2D eigenvalue weighted by molar-refractivity contribution is 5.76. The molecule has 1 rings (SSSR count). The van der Waals surface area contributed by atoms with Crippen molar-refractivity contribution >= 4 is 11.9 Å². The molecule has 0 radical (unpaired) electrons. The zero-order valence-corrected chi connectivity index (χ0v) is 41.7. The molecule has 0 spiro atoms. The van der Waals surface area contributed by atoms with Crippen molar-refractivity contribution in [2.75, 3.05) is 19.8 Å². The van der Waals surface area contributed by atoms with Gasteiger partial charge in [0.05, 0.1) is 32.0 Å². The molecule has 1 aliphatic heterocycles. The van der Waals surface area contributed by atoms with Crippen LogP contribution in [0, 0.1) is 0 Å². The summed E-state index contributed by atoms with van der Waals surface area (Å²) in [4.78, 5) is 25.1. The van der Waals surface area contributed by atoms with Crippen LogP contribution in [0.2, 0.25) is 0 Å². The summed E-state index contributed by atoms with van der Waals surface area (Å²) in [5, 5.41) is 54.1. The quantitative estimate of drug-likeness (QED) is 0.0196. The normalized spacial score (nSPS) is 19.9. The van der Waals surface area contributed by atoms with E-state index >= 15 is 0 Å². The van der Waals surface area contributed by atoms with E-state index in [0.29, 0.717) is 19.4 Å². The molecule has 1 aliphatic rings. The highest BCUT2D eigenvalue weighted by Gasteiger charge is 2.44. The minimum absolute atomic E-state index is 0.0538. The molecule has 0 saturated carbocycles. The first-order chi connectivity index (χ1) is 31.7. The molecule has 1 fully saturated rings. The largest absolute Gasteiger partial charge is 0.466 e. The van der Waals surface area contributed by atoms with Crippen LogP contribution in [0.25, 0.3) is 0 Å². The van der Waals surface area contributed by atoms with E-state index in [2.05, 4.69) is 31.3 Å². The lowest BCUT2D eigenvalue weighted by molar-refractivity contribution is -0.302. The number of rotatable bonds is 46. The van der Waals surface area contributed by atoms with Gasteiger partial charge in [-0.05, 0) is 57.8 Å². The third kappa shape index (κ3) is 35.0. The third-order valence-electron chi connectivity index (χ3n) is 12.8. The van der Waals surface area contributed by atoms with Crippen molar-refractivity contribution in [3.8, 4) is 0 Å². The predicted octanol–water partition coefficient (Wildman–Crippen LogP) is 11.4. The number of allylic oxidation sites excluding steroid dienone is 3. The smallest absolute Gasteiger partial charge is 0.305 e. The number of aliphatic hydroxyl groups excluding tert-OH is 5. The number of esters is 1. The fraction of sp³-hybridized carbons (Fsp3) is 0.889. The Morgan fingerprint density at radius 1 is 0.554 bits per heavy atom. The second kappa shape index (κ2) is 44.6. The maximum absolute atomic E-state index is 13.0. The van der Waals surface area contributed by atoms with Gasteiger partial charge in [-0.25, -0.2) is 0 Å². The van der Waals surface area contributed by atoms with E-state index in [1.807, 2.05) is 6.08 Å². The van der Waals surface area contributed by atoms with Crippen LogP contribution in [0.4, 0.5) is 0 Å². The van der Waals surface area contributed by atoms with Crippen LogP contribution >= 0.6 is 0 Å². The van der Waals surface area contributed by atoms with Gasteiger partial charge in [-0.1, -0.05) is 199 Å². The summed E-state index contributed by atoms with van der Waals surface area (Å²) >= 11 is 0. The molecular formula is C54H101NO10. The van der Waals surface area contributed by atoms with E-state index in [0.717, 1.165) is 89.9 Å². The van der Waals surface area contributed by atoms with E-state index < -0.39 is 49.5 Å². The molecule has 11 heteroatoms. The molecule has 7 unspecified atom stereocenters. The zero-order valence-electron chi connectivity index (χ0n) is 41.7. The highest BCUT2D eigenvalue weighted by atomic mass is 16.7. The second-order valence-corrected chi connectivity index (χ2v) is 18.9. The van der Waals surface area contributed by atoms with Crippen LogP contribution in [-0.2, 0) is 23.8 Å². The highest BCUT2D eigenvalue weighted by Crippen LogP contribution is 2.23. The van der Waals surface area contributed by atoms with Crippen LogP contribution in [0.5, 0.6) is 0 Å². The summed E-state index contributed by atoms with van der Waals surface area (Å²) in [5.74, 6) is -0.267. The molecule has 7 atom stereocenters. The lowest BCUT2D eigenvalue weighted by atomic mass is 9.99. The Morgan fingerprint density at radius 3 is 1.48 bits per heavy atom. The molecule has 1 amide bonds. The van der Waals surface area contributed by atoms with Crippen molar-refractivity contribution in [1.29, 1.82) is 0 Å². The fourth-order valence-electron chi connectivity index (χ4n) is 8.43. The topological polar surface area (TPSA) is 175 Å². The van der Waals surface area contributed by atoms with E-state index in [-0.39, 0.29) is 18.5 Å². The molecular weight excluding hydrogens is 823 g/mol. The van der Waals surface area contributed by atoms with Gasteiger partial charge in [-0.15, -0.1) is 0 Å². The summed E-state index contributed by atoms with van der Waals surface area (Å²) < 4.78 is 16.6. The molecule has 6 N–H and O–H groups in total. The van der Waals surface area contributed by atoms with Gasteiger partial charge in [0.25, 0.3) is 0 Å². The lowest BCUT2D eigenvalue weighted by Gasteiger charge is -2.40. The average molecular weight is 924 g/mol. The summed E-state index contributed by atoms with van der Waals surface area (Å²) in [6.45, 7) is 4.21. The minimum Gasteiger partial charge on any atom is -0.466 e.